The molecular formula is C19H27NO5S. The monoisotopic (exact) mass is 381 g/mol. The van der Waals surface area contributed by atoms with Gasteiger partial charge >= 0.3 is 5.97 Å². The number of carbonyl (C=O) groups is 2. The number of nitrogens with zero attached hydrogens (tertiary/aromatic N) is 1. The highest BCUT2D eigenvalue weighted by atomic mass is 32.2. The van der Waals surface area contributed by atoms with Crippen molar-refractivity contribution in [3.05, 3.63) is 23.8 Å². The number of carbonyl (C=O) groups excluding carboxylic acids is 2. The van der Waals surface area contributed by atoms with Crippen LogP contribution < -0.4 is 9.47 Å². The van der Waals surface area contributed by atoms with E-state index in [0.29, 0.717) is 30.5 Å². The molecule has 26 heavy (non-hydrogen) atoms. The summed E-state index contributed by atoms with van der Waals surface area (Å²) in [6.45, 7) is 4.89. The van der Waals surface area contributed by atoms with Crippen LogP contribution in [0.3, 0.4) is 0 Å². The maximum atomic E-state index is 12.2. The highest BCUT2D eigenvalue weighted by Gasteiger charge is 2.35. The second-order valence-electron chi connectivity index (χ2n) is 5.96. The summed E-state index contributed by atoms with van der Waals surface area (Å²) in [5.41, 5.74) is 0.906. The van der Waals surface area contributed by atoms with Gasteiger partial charge in [0.1, 0.15) is 11.9 Å². The molecule has 0 spiro atoms. The lowest BCUT2D eigenvalue weighted by Crippen LogP contribution is -2.34. The number of rotatable bonds is 10. The Bertz CT molecular complexity index is 622. The second kappa shape index (κ2) is 10.3. The summed E-state index contributed by atoms with van der Waals surface area (Å²) in [5, 5.41) is -0.226. The largest absolute Gasteiger partial charge is 0.493 e. The van der Waals surface area contributed by atoms with E-state index in [4.69, 9.17) is 14.2 Å². The number of ether oxygens (including phenoxy) is 3. The molecule has 2 rings (SSSR count). The van der Waals surface area contributed by atoms with Crippen molar-refractivity contribution in [2.24, 2.45) is 0 Å². The Balaban J connectivity index is 2.06. The van der Waals surface area contributed by atoms with E-state index in [1.54, 1.807) is 12.0 Å². The van der Waals surface area contributed by atoms with Crippen molar-refractivity contribution in [3.63, 3.8) is 0 Å². The van der Waals surface area contributed by atoms with Crippen LogP contribution in [0.4, 0.5) is 0 Å². The molecule has 0 aliphatic carbocycles. The lowest BCUT2D eigenvalue weighted by molar-refractivity contribution is -0.148. The van der Waals surface area contributed by atoms with Crippen molar-refractivity contribution >= 4 is 23.6 Å². The minimum Gasteiger partial charge on any atom is -0.493 e. The Hall–Kier alpha value is -1.89. The molecule has 1 aliphatic heterocycles. The first kappa shape index (κ1) is 20.4. The molecule has 0 bridgehead atoms. The highest BCUT2D eigenvalue weighted by Crippen LogP contribution is 2.41. The normalized spacial score (nSPS) is 16.7. The first-order valence-corrected chi connectivity index (χ1v) is 10.0. The standard InChI is InChI=1S/C19H27NO5S/c1-4-6-7-10-25-18(22)12-20-17(21)13-26-19(20)14-8-9-15(23-3)16(11-14)24-5-2/h8-9,11,19H,4-7,10,12-13H2,1-3H3. The van der Waals surface area contributed by atoms with E-state index < -0.39 is 0 Å². The molecule has 1 heterocycles. The third-order valence-electron chi connectivity index (χ3n) is 4.05. The summed E-state index contributed by atoms with van der Waals surface area (Å²) >= 11 is 1.50. The zero-order valence-corrected chi connectivity index (χ0v) is 16.5. The molecule has 7 heteroatoms. The van der Waals surface area contributed by atoms with Gasteiger partial charge in [-0.2, -0.15) is 0 Å². The van der Waals surface area contributed by atoms with E-state index in [-0.39, 0.29) is 23.8 Å². The van der Waals surface area contributed by atoms with Crippen LogP contribution >= 0.6 is 11.8 Å². The van der Waals surface area contributed by atoms with Crippen molar-refractivity contribution in [1.82, 2.24) is 4.90 Å². The number of esters is 1. The molecule has 6 nitrogen and oxygen atoms in total. The predicted octanol–water partition coefficient (Wildman–Crippen LogP) is 3.40. The summed E-state index contributed by atoms with van der Waals surface area (Å²) in [7, 11) is 1.59. The molecule has 1 fully saturated rings. The molecule has 1 aromatic rings. The van der Waals surface area contributed by atoms with E-state index in [1.807, 2.05) is 25.1 Å². The van der Waals surface area contributed by atoms with E-state index in [1.165, 1.54) is 11.8 Å². The number of methoxy groups -OCH3 is 1. The second-order valence-corrected chi connectivity index (χ2v) is 7.02. The van der Waals surface area contributed by atoms with Crippen molar-refractivity contribution < 1.29 is 23.8 Å². The summed E-state index contributed by atoms with van der Waals surface area (Å²) in [5.74, 6) is 1.21. The van der Waals surface area contributed by atoms with Crippen LogP contribution in [-0.2, 0) is 14.3 Å². The Labute approximate surface area is 159 Å². The average molecular weight is 381 g/mol. The van der Waals surface area contributed by atoms with Gasteiger partial charge in [-0.25, -0.2) is 0 Å². The van der Waals surface area contributed by atoms with Crippen LogP contribution in [-0.4, -0.2) is 49.4 Å². The predicted molar refractivity (Wildman–Crippen MR) is 102 cm³/mol. The minimum atomic E-state index is -0.361. The summed E-state index contributed by atoms with van der Waals surface area (Å²) < 4.78 is 16.2. The van der Waals surface area contributed by atoms with Crippen LogP contribution in [0, 0.1) is 0 Å². The van der Waals surface area contributed by atoms with Crippen molar-refractivity contribution in [1.29, 1.82) is 0 Å². The minimum absolute atomic E-state index is 0.0291. The summed E-state index contributed by atoms with van der Waals surface area (Å²) in [6, 6.07) is 5.60. The van der Waals surface area contributed by atoms with Crippen molar-refractivity contribution in [2.75, 3.05) is 32.6 Å². The lowest BCUT2D eigenvalue weighted by atomic mass is 10.1. The van der Waals surface area contributed by atoms with Gasteiger partial charge in [0.2, 0.25) is 5.91 Å². The van der Waals surface area contributed by atoms with Gasteiger partial charge in [0, 0.05) is 0 Å². The lowest BCUT2D eigenvalue weighted by Gasteiger charge is -2.24. The fourth-order valence-corrected chi connectivity index (χ4v) is 3.92. The Kier molecular flexibility index (Phi) is 8.09. The molecule has 0 aromatic heterocycles. The quantitative estimate of drug-likeness (QED) is 0.457. The summed E-state index contributed by atoms with van der Waals surface area (Å²) in [6.07, 6.45) is 2.95. The van der Waals surface area contributed by atoms with Gasteiger partial charge in [0.15, 0.2) is 11.5 Å². The molecule has 1 unspecified atom stereocenters. The fourth-order valence-electron chi connectivity index (χ4n) is 2.74. The number of unbranched alkanes of at least 4 members (excludes halogenated alkanes) is 2. The maximum Gasteiger partial charge on any atom is 0.325 e. The van der Waals surface area contributed by atoms with E-state index in [0.717, 1.165) is 24.8 Å². The van der Waals surface area contributed by atoms with Gasteiger partial charge in [0.05, 0.1) is 26.1 Å². The van der Waals surface area contributed by atoms with Crippen molar-refractivity contribution in [3.8, 4) is 11.5 Å². The van der Waals surface area contributed by atoms with E-state index >= 15 is 0 Å². The zero-order valence-electron chi connectivity index (χ0n) is 15.7. The van der Waals surface area contributed by atoms with Gasteiger partial charge in [-0.1, -0.05) is 25.8 Å². The Morgan fingerprint density at radius 3 is 2.77 bits per heavy atom. The zero-order chi connectivity index (χ0) is 18.9. The molecule has 144 valence electrons. The average Bonchev–Trinajstić information content (AvgIpc) is 2.99. The highest BCUT2D eigenvalue weighted by molar-refractivity contribution is 8.00. The number of hydrogen-bond acceptors (Lipinski definition) is 6. The third-order valence-corrected chi connectivity index (χ3v) is 5.31. The van der Waals surface area contributed by atoms with Gasteiger partial charge in [-0.15, -0.1) is 11.8 Å². The molecule has 1 amide bonds. The molecule has 1 saturated heterocycles. The maximum absolute atomic E-state index is 12.2. The Morgan fingerprint density at radius 2 is 2.08 bits per heavy atom. The first-order chi connectivity index (χ1) is 12.6. The number of amides is 1. The van der Waals surface area contributed by atoms with Crippen molar-refractivity contribution in [2.45, 2.75) is 38.5 Å². The molecule has 1 aromatic carbocycles. The Morgan fingerprint density at radius 1 is 1.27 bits per heavy atom. The molecule has 1 aliphatic rings. The molecule has 0 radical (unpaired) electrons. The van der Waals surface area contributed by atoms with Crippen LogP contribution in [0.5, 0.6) is 11.5 Å². The number of thioether (sulfide) groups is 1. The van der Waals surface area contributed by atoms with Crippen LogP contribution in [0.15, 0.2) is 18.2 Å². The molecule has 0 saturated carbocycles. The van der Waals surface area contributed by atoms with Gasteiger partial charge in [-0.05, 0) is 31.0 Å². The fraction of sp³-hybridized carbons (Fsp3) is 0.579. The summed E-state index contributed by atoms with van der Waals surface area (Å²) in [4.78, 5) is 25.9. The van der Waals surface area contributed by atoms with Gasteiger partial charge < -0.3 is 19.1 Å². The first-order valence-electron chi connectivity index (χ1n) is 8.98. The SMILES string of the molecule is CCCCCOC(=O)CN1C(=O)CSC1c1ccc(OC)c(OCC)c1. The van der Waals surface area contributed by atoms with Crippen LogP contribution in [0.25, 0.3) is 0 Å². The third kappa shape index (κ3) is 5.30. The van der Waals surface area contributed by atoms with Crippen LogP contribution in [0.1, 0.15) is 44.0 Å². The van der Waals surface area contributed by atoms with Gasteiger partial charge in [-0.3, -0.25) is 9.59 Å². The van der Waals surface area contributed by atoms with E-state index in [2.05, 4.69) is 6.92 Å². The smallest absolute Gasteiger partial charge is 0.325 e. The van der Waals surface area contributed by atoms with Gasteiger partial charge in [0.25, 0.3) is 0 Å². The van der Waals surface area contributed by atoms with E-state index in [9.17, 15) is 9.59 Å². The molecule has 1 atom stereocenters. The number of hydrogen-bond donors (Lipinski definition) is 0. The number of benzene rings is 1. The molecule has 0 N–H and O–H groups in total. The van der Waals surface area contributed by atoms with Crippen LogP contribution in [0.2, 0.25) is 0 Å². The molecular weight excluding hydrogens is 354 g/mol. The topological polar surface area (TPSA) is 65.1 Å².